The Balaban J connectivity index is 1.32. The van der Waals surface area contributed by atoms with Crippen molar-refractivity contribution in [2.45, 2.75) is 62.9 Å². The molecule has 7 nitrogen and oxygen atoms in total. The third kappa shape index (κ3) is 4.22. The molecule has 2 aromatic rings. The summed E-state index contributed by atoms with van der Waals surface area (Å²) in [7, 11) is 0. The Hall–Kier alpha value is -2.19. The van der Waals surface area contributed by atoms with Crippen LogP contribution in [-0.2, 0) is 14.9 Å². The number of quaternary nitrogens is 1. The summed E-state index contributed by atoms with van der Waals surface area (Å²) in [4.78, 5) is 18.9. The van der Waals surface area contributed by atoms with Gasteiger partial charge in [-0.05, 0) is 24.3 Å². The molecule has 2 bridgehead atoms. The van der Waals surface area contributed by atoms with Crippen LogP contribution in [0.5, 0.6) is 0 Å². The van der Waals surface area contributed by atoms with Crippen molar-refractivity contribution in [3.05, 3.63) is 34.7 Å². The van der Waals surface area contributed by atoms with Gasteiger partial charge in [-0.2, -0.15) is 0 Å². The van der Waals surface area contributed by atoms with Gasteiger partial charge in [0.05, 0.1) is 13.1 Å². The highest BCUT2D eigenvalue weighted by Gasteiger charge is 2.50. The Morgan fingerprint density at radius 3 is 2.69 bits per heavy atom. The van der Waals surface area contributed by atoms with Crippen LogP contribution in [-0.4, -0.2) is 53.8 Å². The average molecular weight is 458 g/mol. The average Bonchev–Trinajstić information content (AvgIpc) is 3.45. The summed E-state index contributed by atoms with van der Waals surface area (Å²) in [5.41, 5.74) is -0.500. The molecule has 1 aliphatic carbocycles. The van der Waals surface area contributed by atoms with Gasteiger partial charge in [-0.3, -0.25) is 4.79 Å². The highest BCUT2D eigenvalue weighted by molar-refractivity contribution is 7.10. The number of aliphatic imine (C=N–C) groups is 1. The van der Waals surface area contributed by atoms with Gasteiger partial charge >= 0.3 is 5.97 Å². The van der Waals surface area contributed by atoms with E-state index in [1.54, 1.807) is 17.4 Å². The molecule has 3 aliphatic heterocycles. The molecule has 0 radical (unpaired) electrons. The van der Waals surface area contributed by atoms with Gasteiger partial charge in [0.25, 0.3) is 0 Å². The number of rotatable bonds is 6. The molecule has 0 unspecified atom stereocenters. The van der Waals surface area contributed by atoms with Crippen LogP contribution in [0.25, 0.3) is 0 Å². The van der Waals surface area contributed by atoms with Gasteiger partial charge in [0.2, 0.25) is 0 Å². The number of piperidine rings is 3. The van der Waals surface area contributed by atoms with E-state index < -0.39 is 5.41 Å². The summed E-state index contributed by atoms with van der Waals surface area (Å²) in [5, 5.41) is 18.4. The zero-order chi connectivity index (χ0) is 22.0. The molecule has 0 amide bonds. The highest BCUT2D eigenvalue weighted by atomic mass is 32.1. The molecule has 32 heavy (non-hydrogen) atoms. The highest BCUT2D eigenvalue weighted by Crippen LogP contribution is 2.43. The summed E-state index contributed by atoms with van der Waals surface area (Å²) in [6, 6.07) is 5.73. The summed E-state index contributed by atoms with van der Waals surface area (Å²) in [6.45, 7) is 2.91. The lowest BCUT2D eigenvalue weighted by molar-refractivity contribution is -0.939. The number of hydrogen-bond donors (Lipinski definition) is 0. The van der Waals surface area contributed by atoms with Crippen molar-refractivity contribution in [3.63, 3.8) is 0 Å². The van der Waals surface area contributed by atoms with Crippen molar-refractivity contribution in [2.24, 2.45) is 10.9 Å². The van der Waals surface area contributed by atoms with E-state index in [-0.39, 0.29) is 18.0 Å². The first-order valence-electron chi connectivity index (χ1n) is 11.8. The molecule has 5 heterocycles. The zero-order valence-electron chi connectivity index (χ0n) is 18.4. The molecule has 4 aliphatic rings. The van der Waals surface area contributed by atoms with Crippen molar-refractivity contribution in [2.75, 3.05) is 26.2 Å². The summed E-state index contributed by atoms with van der Waals surface area (Å²) < 4.78 is 11.8. The molecule has 4 fully saturated rings. The van der Waals surface area contributed by atoms with E-state index in [1.807, 2.05) is 6.07 Å². The predicted molar refractivity (Wildman–Crippen MR) is 120 cm³/mol. The SMILES string of the molecule is O=C(O[C@H]1C[N+]2(CC([O-])=Nc3ccon3)CCC1CC2)C1(c2cccs2)CCCCCC1. The first kappa shape index (κ1) is 21.6. The fourth-order valence-electron chi connectivity index (χ4n) is 5.98. The number of ether oxygens (including phenoxy) is 1. The Morgan fingerprint density at radius 1 is 1.25 bits per heavy atom. The number of aromatic nitrogens is 1. The second kappa shape index (κ2) is 8.98. The fourth-order valence-corrected chi connectivity index (χ4v) is 6.95. The quantitative estimate of drug-likeness (QED) is 0.218. The lowest BCUT2D eigenvalue weighted by atomic mass is 9.78. The van der Waals surface area contributed by atoms with Gasteiger partial charge in [-0.15, -0.1) is 11.3 Å². The van der Waals surface area contributed by atoms with Crippen LogP contribution < -0.4 is 5.11 Å². The maximum atomic E-state index is 13.7. The van der Waals surface area contributed by atoms with Crippen LogP contribution in [0.3, 0.4) is 0 Å². The molecule has 8 heteroatoms. The van der Waals surface area contributed by atoms with Crippen LogP contribution in [0.2, 0.25) is 0 Å². The summed E-state index contributed by atoms with van der Waals surface area (Å²) in [6.07, 6.45) is 9.52. The molecular weight excluding hydrogens is 426 g/mol. The third-order valence-electron chi connectivity index (χ3n) is 7.77. The fraction of sp³-hybridized carbons (Fsp3) is 0.625. The minimum Gasteiger partial charge on any atom is -0.858 e. The Labute approximate surface area is 192 Å². The van der Waals surface area contributed by atoms with Crippen molar-refractivity contribution in [3.8, 4) is 0 Å². The lowest BCUT2D eigenvalue weighted by Crippen LogP contribution is -2.66. The van der Waals surface area contributed by atoms with Crippen molar-refractivity contribution in [1.82, 2.24) is 5.16 Å². The van der Waals surface area contributed by atoms with Crippen molar-refractivity contribution >= 4 is 29.0 Å². The van der Waals surface area contributed by atoms with Crippen LogP contribution in [0, 0.1) is 5.92 Å². The van der Waals surface area contributed by atoms with Crippen LogP contribution >= 0.6 is 11.3 Å². The molecule has 172 valence electrons. The van der Waals surface area contributed by atoms with Gasteiger partial charge in [0.1, 0.15) is 24.8 Å². The largest absolute Gasteiger partial charge is 0.858 e. The zero-order valence-corrected chi connectivity index (χ0v) is 19.2. The van der Waals surface area contributed by atoms with Gasteiger partial charge in [-0.25, -0.2) is 4.99 Å². The monoisotopic (exact) mass is 457 g/mol. The number of nitrogens with zero attached hydrogens (tertiary/aromatic N) is 3. The number of fused-ring (bicyclic) bond motifs is 3. The molecule has 0 N–H and O–H groups in total. The summed E-state index contributed by atoms with van der Waals surface area (Å²) >= 11 is 1.68. The number of thiophene rings is 1. The van der Waals surface area contributed by atoms with E-state index in [4.69, 9.17) is 9.26 Å². The van der Waals surface area contributed by atoms with Crippen molar-refractivity contribution in [1.29, 1.82) is 0 Å². The maximum Gasteiger partial charge on any atom is 0.317 e. The van der Waals surface area contributed by atoms with Gasteiger partial charge in [-0.1, -0.05) is 36.9 Å². The number of carbonyl (C=O) groups excluding carboxylic acids is 1. The van der Waals surface area contributed by atoms with Crippen LogP contribution in [0.1, 0.15) is 56.2 Å². The minimum absolute atomic E-state index is 0.0441. The van der Waals surface area contributed by atoms with E-state index in [9.17, 15) is 9.90 Å². The smallest absolute Gasteiger partial charge is 0.317 e. The maximum absolute atomic E-state index is 13.7. The van der Waals surface area contributed by atoms with E-state index in [0.717, 1.165) is 56.5 Å². The normalized spacial score (nSPS) is 30.1. The second-order valence-corrected chi connectivity index (χ2v) is 10.7. The Kier molecular flexibility index (Phi) is 6.07. The molecule has 0 aromatic carbocycles. The second-order valence-electron chi connectivity index (χ2n) is 9.75. The molecule has 1 atom stereocenters. The molecule has 1 saturated carbocycles. The molecule has 3 saturated heterocycles. The summed E-state index contributed by atoms with van der Waals surface area (Å²) in [5.74, 6) is 0.475. The van der Waals surface area contributed by atoms with E-state index in [0.29, 0.717) is 29.3 Å². The topological polar surface area (TPSA) is 87.8 Å². The minimum atomic E-state index is -0.500. The van der Waals surface area contributed by atoms with Crippen LogP contribution in [0.15, 0.2) is 39.4 Å². The lowest BCUT2D eigenvalue weighted by Gasteiger charge is -2.53. The molecule has 0 spiro atoms. The molecule has 6 rings (SSSR count). The van der Waals surface area contributed by atoms with Gasteiger partial charge < -0.3 is 18.8 Å². The number of esters is 1. The van der Waals surface area contributed by atoms with E-state index in [2.05, 4.69) is 21.6 Å². The molecule has 2 aromatic heterocycles. The van der Waals surface area contributed by atoms with Crippen molar-refractivity contribution < 1.29 is 23.6 Å². The predicted octanol–water partition coefficient (Wildman–Crippen LogP) is 3.57. The first-order valence-corrected chi connectivity index (χ1v) is 12.7. The van der Waals surface area contributed by atoms with E-state index in [1.165, 1.54) is 19.1 Å². The molecular formula is C24H31N3O4S. The third-order valence-corrected chi connectivity index (χ3v) is 8.85. The Morgan fingerprint density at radius 2 is 2.03 bits per heavy atom. The Bertz CT molecular complexity index is 925. The number of carbonyl (C=O) groups is 1. The standard InChI is InChI=1S/C24H31N3O4S/c28-22(25-21-9-14-30-26-21)17-27-12-7-18(8-13-27)19(16-27)31-23(29)24(20-6-5-15-32-20)10-3-1-2-4-11-24/h5-6,9,14-15,18-19H,1-4,7-8,10-13,16-17H2/t18?,19-,27?/m0/s1. The van der Waals surface area contributed by atoms with Gasteiger partial charge in [0, 0.05) is 35.6 Å². The van der Waals surface area contributed by atoms with E-state index >= 15 is 0 Å². The first-order chi connectivity index (χ1) is 15.6. The van der Waals surface area contributed by atoms with Gasteiger partial charge in [0.15, 0.2) is 11.9 Å². The van der Waals surface area contributed by atoms with Crippen LogP contribution in [0.4, 0.5) is 5.82 Å². The number of hydrogen-bond acceptors (Lipinski definition) is 7.